The highest BCUT2D eigenvalue weighted by molar-refractivity contribution is 9.10. The van der Waals surface area contributed by atoms with E-state index in [0.29, 0.717) is 15.7 Å². The molecule has 0 bridgehead atoms. The number of carbonyl (C=O) groups is 3. The van der Waals surface area contributed by atoms with Gasteiger partial charge in [-0.05, 0) is 64.0 Å². The van der Waals surface area contributed by atoms with Crippen LogP contribution in [0.3, 0.4) is 0 Å². The molecule has 36 heavy (non-hydrogen) atoms. The lowest BCUT2D eigenvalue weighted by Crippen LogP contribution is -2.35. The molecule has 1 aliphatic rings. The van der Waals surface area contributed by atoms with Gasteiger partial charge < -0.3 is 14.8 Å². The van der Waals surface area contributed by atoms with Crippen molar-refractivity contribution in [1.82, 2.24) is 5.43 Å². The van der Waals surface area contributed by atoms with Gasteiger partial charge in [0, 0.05) is 10.2 Å². The summed E-state index contributed by atoms with van der Waals surface area (Å²) in [5, 5.41) is 3.72. The Morgan fingerprint density at radius 1 is 1.17 bits per heavy atom. The molecular formula is C25H18BrClFN3O5. The second-order valence-electron chi connectivity index (χ2n) is 7.45. The molecule has 0 saturated carbocycles. The molecule has 1 heterocycles. The number of hydrogen-bond donors (Lipinski definition) is 2. The number of anilines is 2. The number of methoxy groups -OCH3 is 1. The minimum absolute atomic E-state index is 0.0607. The Hall–Kier alpha value is -3.89. The number of hydrazine groups is 1. The van der Waals surface area contributed by atoms with E-state index in [1.54, 1.807) is 30.3 Å². The number of rotatable bonds is 7. The Morgan fingerprint density at radius 2 is 1.92 bits per heavy atom. The smallest absolute Gasteiger partial charge is 0.282 e. The maximum Gasteiger partial charge on any atom is 0.282 e. The molecule has 1 fully saturated rings. The minimum Gasteiger partial charge on any atom is -0.493 e. The molecule has 0 spiro atoms. The first-order valence-corrected chi connectivity index (χ1v) is 11.6. The highest BCUT2D eigenvalue weighted by atomic mass is 79.9. The number of amides is 3. The van der Waals surface area contributed by atoms with Gasteiger partial charge in [-0.15, -0.1) is 0 Å². The average Bonchev–Trinajstić information content (AvgIpc) is 3.15. The Labute approximate surface area is 218 Å². The Balaban J connectivity index is 1.56. The zero-order valence-corrected chi connectivity index (χ0v) is 21.0. The third-order valence-corrected chi connectivity index (χ3v) is 6.48. The summed E-state index contributed by atoms with van der Waals surface area (Å²) >= 11 is 9.83. The van der Waals surface area contributed by atoms with Crippen LogP contribution in [0.15, 0.2) is 70.7 Å². The molecule has 184 valence electrons. The molecule has 0 atom stereocenters. The van der Waals surface area contributed by atoms with Crippen molar-refractivity contribution < 1.29 is 28.2 Å². The lowest BCUT2D eigenvalue weighted by atomic mass is 10.1. The number of carbonyl (C=O) groups excluding carboxylic acids is 3. The summed E-state index contributed by atoms with van der Waals surface area (Å²) in [7, 11) is 1.38. The van der Waals surface area contributed by atoms with E-state index in [4.69, 9.17) is 21.1 Å². The standard InChI is InChI=1S/C25H18BrClFN3O5/c1-35-19-11-14(10-18-24(33)30-31(25(18)34)17-8-3-2-4-9-17)21(26)22(27)23(19)36-13-20(32)29-16-7-5-6-15(28)12-16/h2-12H,13H2,1H3,(H,29,32)(H,30,33)/b18-10-. The van der Waals surface area contributed by atoms with E-state index >= 15 is 0 Å². The molecule has 0 aliphatic carbocycles. The molecule has 4 rings (SSSR count). The molecular weight excluding hydrogens is 557 g/mol. The van der Waals surface area contributed by atoms with Gasteiger partial charge in [-0.3, -0.25) is 19.8 Å². The van der Waals surface area contributed by atoms with Crippen LogP contribution in [0.2, 0.25) is 5.02 Å². The van der Waals surface area contributed by atoms with Crippen LogP contribution in [0.5, 0.6) is 11.5 Å². The van der Waals surface area contributed by atoms with Gasteiger partial charge >= 0.3 is 0 Å². The molecule has 3 aromatic carbocycles. The van der Waals surface area contributed by atoms with Gasteiger partial charge in [0.15, 0.2) is 18.1 Å². The first-order valence-electron chi connectivity index (χ1n) is 10.4. The fourth-order valence-corrected chi connectivity index (χ4v) is 4.03. The SMILES string of the molecule is COc1cc(/C=C2/C(=O)NN(c3ccccc3)C2=O)c(Br)c(Cl)c1OCC(=O)Nc1cccc(F)c1. The zero-order chi connectivity index (χ0) is 25.8. The van der Waals surface area contributed by atoms with Crippen LogP contribution in [0.4, 0.5) is 15.8 Å². The predicted molar refractivity (Wildman–Crippen MR) is 136 cm³/mol. The molecule has 3 aromatic rings. The van der Waals surface area contributed by atoms with Crippen molar-refractivity contribution in [3.8, 4) is 11.5 Å². The van der Waals surface area contributed by atoms with Gasteiger partial charge in [0.1, 0.15) is 16.4 Å². The van der Waals surface area contributed by atoms with Crippen molar-refractivity contribution >= 4 is 62.7 Å². The Kier molecular flexibility index (Phi) is 7.56. The van der Waals surface area contributed by atoms with Crippen molar-refractivity contribution in [3.63, 3.8) is 0 Å². The molecule has 0 unspecified atom stereocenters. The predicted octanol–water partition coefficient (Wildman–Crippen LogP) is 4.73. The topological polar surface area (TPSA) is 97.0 Å². The summed E-state index contributed by atoms with van der Waals surface area (Å²) in [4.78, 5) is 37.7. The van der Waals surface area contributed by atoms with Gasteiger partial charge in [0.25, 0.3) is 17.7 Å². The van der Waals surface area contributed by atoms with Gasteiger partial charge in [-0.25, -0.2) is 9.40 Å². The summed E-state index contributed by atoms with van der Waals surface area (Å²) in [6.07, 6.45) is 1.37. The fraction of sp³-hybridized carbons (Fsp3) is 0.0800. The highest BCUT2D eigenvalue weighted by Gasteiger charge is 2.34. The van der Waals surface area contributed by atoms with E-state index in [1.165, 1.54) is 43.5 Å². The molecule has 0 radical (unpaired) electrons. The molecule has 8 nitrogen and oxygen atoms in total. The van der Waals surface area contributed by atoms with Crippen LogP contribution >= 0.6 is 27.5 Å². The molecule has 1 aliphatic heterocycles. The largest absolute Gasteiger partial charge is 0.493 e. The molecule has 11 heteroatoms. The van der Waals surface area contributed by atoms with Crippen LogP contribution in [0.25, 0.3) is 6.08 Å². The third-order valence-electron chi connectivity index (χ3n) is 5.04. The first kappa shape index (κ1) is 25.2. The maximum absolute atomic E-state index is 13.3. The highest BCUT2D eigenvalue weighted by Crippen LogP contribution is 2.43. The van der Waals surface area contributed by atoms with E-state index in [9.17, 15) is 18.8 Å². The number of ether oxygens (including phenoxy) is 2. The summed E-state index contributed by atoms with van der Waals surface area (Å²) in [6.45, 7) is -0.438. The monoisotopic (exact) mass is 573 g/mol. The van der Waals surface area contributed by atoms with Crippen LogP contribution in [0.1, 0.15) is 5.56 Å². The summed E-state index contributed by atoms with van der Waals surface area (Å²) in [5.41, 5.74) is 3.57. The average molecular weight is 575 g/mol. The van der Waals surface area contributed by atoms with E-state index in [1.807, 2.05) is 0 Å². The number of halogens is 3. The van der Waals surface area contributed by atoms with Crippen molar-refractivity contribution in [2.45, 2.75) is 0 Å². The van der Waals surface area contributed by atoms with E-state index in [-0.39, 0.29) is 27.8 Å². The number of hydrogen-bond acceptors (Lipinski definition) is 5. The number of nitrogens with one attached hydrogen (secondary N) is 2. The van der Waals surface area contributed by atoms with Crippen LogP contribution < -0.4 is 25.2 Å². The lowest BCUT2D eigenvalue weighted by molar-refractivity contribution is -0.118. The first-order chi connectivity index (χ1) is 17.3. The minimum atomic E-state index is -0.583. The molecule has 1 saturated heterocycles. The van der Waals surface area contributed by atoms with E-state index < -0.39 is 30.1 Å². The quantitative estimate of drug-likeness (QED) is 0.314. The molecule has 0 aromatic heterocycles. The normalized spacial score (nSPS) is 14.1. The van der Waals surface area contributed by atoms with E-state index in [2.05, 4.69) is 26.7 Å². The number of benzene rings is 3. The molecule has 3 amide bonds. The second-order valence-corrected chi connectivity index (χ2v) is 8.62. The van der Waals surface area contributed by atoms with Crippen molar-refractivity contribution in [1.29, 1.82) is 0 Å². The Bertz CT molecular complexity index is 1380. The fourth-order valence-electron chi connectivity index (χ4n) is 3.37. The zero-order valence-electron chi connectivity index (χ0n) is 18.7. The second kappa shape index (κ2) is 10.8. The lowest BCUT2D eigenvalue weighted by Gasteiger charge is -2.15. The van der Waals surface area contributed by atoms with Gasteiger partial charge in [-0.1, -0.05) is 35.9 Å². The summed E-state index contributed by atoms with van der Waals surface area (Å²) in [6, 6.07) is 15.6. The van der Waals surface area contributed by atoms with E-state index in [0.717, 1.165) is 5.01 Å². The number of para-hydroxylation sites is 1. The van der Waals surface area contributed by atoms with Crippen molar-refractivity contribution in [2.24, 2.45) is 0 Å². The summed E-state index contributed by atoms with van der Waals surface area (Å²) < 4.78 is 24.6. The van der Waals surface area contributed by atoms with Crippen LogP contribution in [-0.2, 0) is 14.4 Å². The summed E-state index contributed by atoms with van der Waals surface area (Å²) in [5.74, 6) is -1.93. The van der Waals surface area contributed by atoms with Crippen molar-refractivity contribution in [3.05, 3.63) is 87.1 Å². The van der Waals surface area contributed by atoms with Crippen molar-refractivity contribution in [2.75, 3.05) is 24.0 Å². The van der Waals surface area contributed by atoms with Gasteiger partial charge in [0.2, 0.25) is 0 Å². The number of nitrogens with zero attached hydrogens (tertiary/aromatic N) is 1. The van der Waals surface area contributed by atoms with Crippen LogP contribution in [0, 0.1) is 5.82 Å². The Morgan fingerprint density at radius 3 is 2.61 bits per heavy atom. The molecule has 2 N–H and O–H groups in total. The maximum atomic E-state index is 13.3. The van der Waals surface area contributed by atoms with Gasteiger partial charge in [0.05, 0.1) is 12.8 Å². The third kappa shape index (κ3) is 5.34. The van der Waals surface area contributed by atoms with Crippen LogP contribution in [-0.4, -0.2) is 31.4 Å². The van der Waals surface area contributed by atoms with Gasteiger partial charge in [-0.2, -0.15) is 0 Å².